The molecule has 0 aliphatic heterocycles. The van der Waals surface area contributed by atoms with Gasteiger partial charge < -0.3 is 16.0 Å². The number of nitrogens with two attached hydrogens (primary N) is 1. The summed E-state index contributed by atoms with van der Waals surface area (Å²) in [4.78, 5) is 14.7. The number of nitrogens with zero attached hydrogens (tertiary/aromatic N) is 1. The minimum atomic E-state index is -1.00. The molecule has 1 aromatic carbocycles. The Morgan fingerprint density at radius 1 is 1.23 bits per heavy atom. The molecule has 0 aliphatic rings. The predicted octanol–water partition coefficient (Wildman–Crippen LogP) is 2.55. The number of hydrogen-bond acceptors (Lipinski definition) is 3. The lowest BCUT2D eigenvalue weighted by Gasteiger charge is -2.28. The SMILES string of the molecule is CCN(CC)CC(C)NC(=O)C(C)(N)c1ccccc1.Cl.Cl. The van der Waals surface area contributed by atoms with Gasteiger partial charge in [-0.25, -0.2) is 0 Å². The van der Waals surface area contributed by atoms with E-state index in [2.05, 4.69) is 24.1 Å². The highest BCUT2D eigenvalue weighted by Crippen LogP contribution is 2.17. The van der Waals surface area contributed by atoms with Crippen LogP contribution < -0.4 is 11.1 Å². The molecule has 2 atom stereocenters. The van der Waals surface area contributed by atoms with Crippen molar-refractivity contribution in [1.29, 1.82) is 0 Å². The Bertz CT molecular complexity index is 423. The molecule has 0 fully saturated rings. The molecular weight excluding hydrogens is 321 g/mol. The summed E-state index contributed by atoms with van der Waals surface area (Å²) < 4.78 is 0. The first kappa shape index (κ1) is 23.5. The average Bonchev–Trinajstić information content (AvgIpc) is 2.45. The average molecular weight is 350 g/mol. The van der Waals surface area contributed by atoms with Crippen molar-refractivity contribution >= 4 is 30.7 Å². The van der Waals surface area contributed by atoms with Gasteiger partial charge in [-0.3, -0.25) is 4.79 Å². The molecular formula is C16H29Cl2N3O. The van der Waals surface area contributed by atoms with Crippen molar-refractivity contribution in [2.75, 3.05) is 19.6 Å². The van der Waals surface area contributed by atoms with E-state index in [1.54, 1.807) is 6.92 Å². The van der Waals surface area contributed by atoms with Crippen LogP contribution in [0.2, 0.25) is 0 Å². The van der Waals surface area contributed by atoms with E-state index >= 15 is 0 Å². The van der Waals surface area contributed by atoms with E-state index in [9.17, 15) is 4.79 Å². The molecule has 1 amide bonds. The minimum Gasteiger partial charge on any atom is -0.350 e. The summed E-state index contributed by atoms with van der Waals surface area (Å²) in [5, 5.41) is 3.01. The number of amides is 1. The van der Waals surface area contributed by atoms with E-state index in [-0.39, 0.29) is 36.8 Å². The molecule has 0 heterocycles. The highest BCUT2D eigenvalue weighted by Gasteiger charge is 2.31. The molecule has 1 aromatic rings. The quantitative estimate of drug-likeness (QED) is 0.795. The second-order valence-corrected chi connectivity index (χ2v) is 5.43. The number of carbonyl (C=O) groups is 1. The van der Waals surface area contributed by atoms with E-state index < -0.39 is 5.54 Å². The normalized spacial score (nSPS) is 14.3. The van der Waals surface area contributed by atoms with Gasteiger partial charge in [0.1, 0.15) is 5.54 Å². The molecule has 0 spiro atoms. The Kier molecular flexibility index (Phi) is 11.6. The Labute approximate surface area is 146 Å². The highest BCUT2D eigenvalue weighted by molar-refractivity contribution is 5.87. The van der Waals surface area contributed by atoms with Crippen LogP contribution >= 0.6 is 24.8 Å². The van der Waals surface area contributed by atoms with Crippen molar-refractivity contribution in [3.05, 3.63) is 35.9 Å². The summed E-state index contributed by atoms with van der Waals surface area (Å²) in [6, 6.07) is 9.55. The first-order valence-corrected chi connectivity index (χ1v) is 7.29. The van der Waals surface area contributed by atoms with Crippen molar-refractivity contribution in [2.24, 2.45) is 5.73 Å². The Morgan fingerprint density at radius 2 is 1.73 bits per heavy atom. The molecule has 0 saturated heterocycles. The number of halogens is 2. The molecule has 0 saturated carbocycles. The van der Waals surface area contributed by atoms with Gasteiger partial charge in [0.05, 0.1) is 0 Å². The van der Waals surface area contributed by atoms with E-state index in [0.717, 1.165) is 25.2 Å². The number of hydrogen-bond donors (Lipinski definition) is 2. The van der Waals surface area contributed by atoms with Crippen LogP contribution in [-0.4, -0.2) is 36.5 Å². The number of likely N-dealkylation sites (N-methyl/N-ethyl adjacent to an activating group) is 1. The number of carbonyl (C=O) groups excluding carboxylic acids is 1. The predicted molar refractivity (Wildman–Crippen MR) is 97.9 cm³/mol. The molecule has 128 valence electrons. The zero-order chi connectivity index (χ0) is 15.2. The summed E-state index contributed by atoms with van der Waals surface area (Å²) in [6.45, 7) is 10.8. The Balaban J connectivity index is 0. The number of rotatable bonds is 7. The van der Waals surface area contributed by atoms with E-state index in [4.69, 9.17) is 5.73 Å². The molecule has 4 nitrogen and oxygen atoms in total. The van der Waals surface area contributed by atoms with E-state index in [0.29, 0.717) is 0 Å². The summed E-state index contributed by atoms with van der Waals surface area (Å²) in [5.41, 5.74) is 6.03. The first-order valence-electron chi connectivity index (χ1n) is 7.29. The molecule has 22 heavy (non-hydrogen) atoms. The van der Waals surface area contributed by atoms with Gasteiger partial charge >= 0.3 is 0 Å². The standard InChI is InChI=1S/C16H27N3O.2ClH/c1-5-19(6-2)12-13(3)18-15(20)16(4,17)14-10-8-7-9-11-14;;/h7-11,13H,5-6,12,17H2,1-4H3,(H,18,20);2*1H. The van der Waals surface area contributed by atoms with Crippen LogP contribution in [0.5, 0.6) is 0 Å². The molecule has 3 N–H and O–H groups in total. The lowest BCUT2D eigenvalue weighted by atomic mass is 9.92. The Hall–Kier alpha value is -0.810. The van der Waals surface area contributed by atoms with Crippen LogP contribution in [0.25, 0.3) is 0 Å². The molecule has 0 radical (unpaired) electrons. The van der Waals surface area contributed by atoms with Gasteiger partial charge in [-0.2, -0.15) is 0 Å². The third kappa shape index (κ3) is 6.53. The van der Waals surface area contributed by atoms with Crippen LogP contribution in [0.1, 0.15) is 33.3 Å². The van der Waals surface area contributed by atoms with E-state index in [1.165, 1.54) is 0 Å². The van der Waals surface area contributed by atoms with Crippen molar-refractivity contribution in [2.45, 2.75) is 39.3 Å². The van der Waals surface area contributed by atoms with Gasteiger partial charge in [-0.15, -0.1) is 24.8 Å². The van der Waals surface area contributed by atoms with Gasteiger partial charge in [0.15, 0.2) is 0 Å². The third-order valence-corrected chi connectivity index (χ3v) is 3.65. The molecule has 0 aromatic heterocycles. The fourth-order valence-electron chi connectivity index (χ4n) is 2.20. The van der Waals surface area contributed by atoms with Crippen molar-refractivity contribution in [3.63, 3.8) is 0 Å². The topological polar surface area (TPSA) is 58.4 Å². The number of nitrogens with one attached hydrogen (secondary N) is 1. The summed E-state index contributed by atoms with van der Waals surface area (Å²) in [6.07, 6.45) is 0. The second kappa shape index (κ2) is 10.8. The lowest BCUT2D eigenvalue weighted by Crippen LogP contribution is -2.53. The van der Waals surface area contributed by atoms with Gasteiger partial charge in [0.2, 0.25) is 5.91 Å². The van der Waals surface area contributed by atoms with Gasteiger partial charge in [-0.1, -0.05) is 44.2 Å². The maximum absolute atomic E-state index is 12.4. The third-order valence-electron chi connectivity index (χ3n) is 3.65. The summed E-state index contributed by atoms with van der Waals surface area (Å²) in [7, 11) is 0. The Morgan fingerprint density at radius 3 is 2.18 bits per heavy atom. The van der Waals surface area contributed by atoms with Crippen molar-refractivity contribution < 1.29 is 4.79 Å². The first-order chi connectivity index (χ1) is 9.41. The molecule has 6 heteroatoms. The zero-order valence-electron chi connectivity index (χ0n) is 13.8. The molecule has 1 rings (SSSR count). The largest absolute Gasteiger partial charge is 0.350 e. The van der Waals surface area contributed by atoms with Crippen molar-refractivity contribution in [3.8, 4) is 0 Å². The monoisotopic (exact) mass is 349 g/mol. The van der Waals surface area contributed by atoms with Crippen molar-refractivity contribution in [1.82, 2.24) is 10.2 Å². The minimum absolute atomic E-state index is 0. The molecule has 2 unspecified atom stereocenters. The fraction of sp³-hybridized carbons (Fsp3) is 0.562. The van der Waals surface area contributed by atoms with Gasteiger partial charge in [0.25, 0.3) is 0 Å². The van der Waals surface area contributed by atoms with Gasteiger partial charge in [-0.05, 0) is 32.5 Å². The molecule has 0 aliphatic carbocycles. The van der Waals surface area contributed by atoms with Crippen LogP contribution in [0.4, 0.5) is 0 Å². The van der Waals surface area contributed by atoms with E-state index in [1.807, 2.05) is 37.3 Å². The van der Waals surface area contributed by atoms with Crippen LogP contribution in [0, 0.1) is 0 Å². The summed E-state index contributed by atoms with van der Waals surface area (Å²) in [5.74, 6) is -0.136. The summed E-state index contributed by atoms with van der Waals surface area (Å²) >= 11 is 0. The van der Waals surface area contributed by atoms with Crippen LogP contribution in [0.15, 0.2) is 30.3 Å². The molecule has 0 bridgehead atoms. The zero-order valence-corrected chi connectivity index (χ0v) is 15.5. The highest BCUT2D eigenvalue weighted by atomic mass is 35.5. The van der Waals surface area contributed by atoms with Gasteiger partial charge in [0, 0.05) is 12.6 Å². The van der Waals surface area contributed by atoms with Crippen LogP contribution in [-0.2, 0) is 10.3 Å². The maximum atomic E-state index is 12.4. The number of benzene rings is 1. The smallest absolute Gasteiger partial charge is 0.244 e. The maximum Gasteiger partial charge on any atom is 0.244 e. The fourth-order valence-corrected chi connectivity index (χ4v) is 2.20. The second-order valence-electron chi connectivity index (χ2n) is 5.43. The lowest BCUT2D eigenvalue weighted by molar-refractivity contribution is -0.126. The van der Waals surface area contributed by atoms with Crippen LogP contribution in [0.3, 0.4) is 0 Å².